The van der Waals surface area contributed by atoms with Crippen molar-refractivity contribution in [1.29, 1.82) is 10.8 Å². The van der Waals surface area contributed by atoms with E-state index in [-0.39, 0.29) is 0 Å². The molecule has 0 atom stereocenters. The lowest BCUT2D eigenvalue weighted by atomic mass is 10.5. The Hall–Kier alpha value is -0.620. The van der Waals surface area contributed by atoms with Crippen LogP contribution in [-0.2, 0) is 0 Å². The molecule has 0 heterocycles. The van der Waals surface area contributed by atoms with Crippen molar-refractivity contribution in [2.45, 2.75) is 13.3 Å². The Morgan fingerprint density at radius 3 is 1.67 bits per heavy atom. The van der Waals surface area contributed by atoms with Crippen molar-refractivity contribution in [2.75, 3.05) is 6.61 Å². The van der Waals surface area contributed by atoms with Crippen LogP contribution in [0.3, 0.4) is 0 Å². The van der Waals surface area contributed by atoms with Gasteiger partial charge in [-0.25, -0.2) is 0 Å². The normalized spacial score (nSPS) is 5.33. The number of nitrogens with zero attached hydrogens (tertiary/aromatic N) is 2. The summed E-state index contributed by atoms with van der Waals surface area (Å²) in [6.45, 7) is 2.25. The highest BCUT2D eigenvalue weighted by Crippen LogP contribution is 1.61. The van der Waals surface area contributed by atoms with Crippen molar-refractivity contribution in [3.05, 3.63) is 0 Å². The lowest BCUT2D eigenvalue weighted by molar-refractivity contribution is 0.295. The zero-order valence-corrected chi connectivity index (χ0v) is 3.76. The first-order valence-corrected chi connectivity index (χ1v) is 1.72. The molecule has 0 aliphatic heterocycles. The van der Waals surface area contributed by atoms with Gasteiger partial charge in [0.05, 0.1) is 0 Å². The molecule has 36 valence electrons. The monoisotopic (exact) mass is 88.1 g/mol. The van der Waals surface area contributed by atoms with Gasteiger partial charge in [-0.2, -0.15) is 0 Å². The Bertz CT molecular complexity index is 25.2. The van der Waals surface area contributed by atoms with Crippen LogP contribution >= 0.6 is 0 Å². The van der Waals surface area contributed by atoms with Gasteiger partial charge in [0.1, 0.15) is 0 Å². The zero-order chi connectivity index (χ0) is 5.41. The third-order valence-corrected chi connectivity index (χ3v) is 0.224. The lowest BCUT2D eigenvalue weighted by Gasteiger charge is -1.69. The van der Waals surface area contributed by atoms with E-state index in [1.165, 1.54) is 0 Å². The van der Waals surface area contributed by atoms with Crippen LogP contribution < -0.4 is 0 Å². The van der Waals surface area contributed by atoms with Crippen LogP contribution in [0.4, 0.5) is 0 Å². The Labute approximate surface area is 37.0 Å². The van der Waals surface area contributed by atoms with Gasteiger partial charge >= 0.3 is 0 Å². The molecular weight excluding hydrogens is 80.0 g/mol. The first-order valence-electron chi connectivity index (χ1n) is 1.72. The molecular formula is C3H8N2O. The fourth-order valence-electron chi connectivity index (χ4n) is 0. The third-order valence-electron chi connectivity index (χ3n) is 0.224. The van der Waals surface area contributed by atoms with Crippen molar-refractivity contribution < 1.29 is 5.11 Å². The quantitative estimate of drug-likeness (QED) is 0.472. The summed E-state index contributed by atoms with van der Waals surface area (Å²) < 4.78 is 0. The highest BCUT2D eigenvalue weighted by Gasteiger charge is 1.57. The van der Waals surface area contributed by atoms with Crippen LogP contribution in [0, 0.1) is 10.8 Å². The van der Waals surface area contributed by atoms with Crippen molar-refractivity contribution >= 4 is 0 Å². The van der Waals surface area contributed by atoms with Gasteiger partial charge in [-0.1, -0.05) is 6.92 Å². The molecule has 0 saturated heterocycles. The minimum Gasteiger partial charge on any atom is -0.396 e. The van der Waals surface area contributed by atoms with Gasteiger partial charge in [0, 0.05) is 17.4 Å². The molecule has 0 unspecified atom stereocenters. The Morgan fingerprint density at radius 2 is 1.67 bits per heavy atom. The van der Waals surface area contributed by atoms with Gasteiger partial charge in [0.15, 0.2) is 0 Å². The molecule has 0 radical (unpaired) electrons. The van der Waals surface area contributed by atoms with E-state index in [1.54, 1.807) is 0 Å². The topological polar surface area (TPSA) is 67.8 Å². The van der Waals surface area contributed by atoms with Crippen molar-refractivity contribution in [3.63, 3.8) is 0 Å². The van der Waals surface area contributed by atoms with E-state index in [0.29, 0.717) is 6.61 Å². The summed E-state index contributed by atoms with van der Waals surface area (Å²) in [6.07, 6.45) is 0.875. The predicted octanol–water partition coefficient (Wildman–Crippen LogP) is 0.419. The summed E-state index contributed by atoms with van der Waals surface area (Å²) in [5, 5.41) is 19.9. The summed E-state index contributed by atoms with van der Waals surface area (Å²) in [5.41, 5.74) is 0. The maximum Gasteiger partial charge on any atom is 0.0428 e. The lowest BCUT2D eigenvalue weighted by Crippen LogP contribution is -1.69. The van der Waals surface area contributed by atoms with E-state index in [2.05, 4.69) is 0 Å². The van der Waals surface area contributed by atoms with Crippen LogP contribution in [-0.4, -0.2) is 11.7 Å². The Morgan fingerprint density at radius 1 is 1.50 bits per heavy atom. The van der Waals surface area contributed by atoms with Crippen LogP contribution in [0.25, 0.3) is 0 Å². The minimum atomic E-state index is 0.319. The van der Waals surface area contributed by atoms with Gasteiger partial charge in [-0.3, -0.25) is 0 Å². The number of rotatable bonds is 1. The molecule has 0 rings (SSSR count). The highest BCUT2D eigenvalue weighted by molar-refractivity contribution is 4.10. The van der Waals surface area contributed by atoms with E-state index in [4.69, 9.17) is 15.9 Å². The largest absolute Gasteiger partial charge is 0.396 e. The van der Waals surface area contributed by atoms with Gasteiger partial charge in [-0.05, 0) is 6.42 Å². The Balaban J connectivity index is 0. The van der Waals surface area contributed by atoms with Crippen molar-refractivity contribution in [3.8, 4) is 0 Å². The van der Waals surface area contributed by atoms with Crippen LogP contribution in [0.15, 0.2) is 0 Å². The molecule has 1 N–H and O–H groups in total. The summed E-state index contributed by atoms with van der Waals surface area (Å²) >= 11 is 0. The highest BCUT2D eigenvalue weighted by atomic mass is 16.2. The van der Waals surface area contributed by atoms with Gasteiger partial charge < -0.3 is 5.11 Å². The van der Waals surface area contributed by atoms with Crippen molar-refractivity contribution in [1.82, 2.24) is 0 Å². The molecule has 0 aliphatic carbocycles. The van der Waals surface area contributed by atoms with Crippen molar-refractivity contribution in [2.24, 2.45) is 0 Å². The molecule has 0 bridgehead atoms. The molecule has 0 fully saturated rings. The molecule has 0 aliphatic rings. The van der Waals surface area contributed by atoms with Gasteiger partial charge in [-0.15, -0.1) is 0 Å². The van der Waals surface area contributed by atoms with Gasteiger partial charge in [0.2, 0.25) is 0 Å². The fraction of sp³-hybridized carbons (Fsp3) is 1.00. The second kappa shape index (κ2) is 26.3. The van der Waals surface area contributed by atoms with Crippen LogP contribution in [0.5, 0.6) is 0 Å². The van der Waals surface area contributed by atoms with Gasteiger partial charge in [0.25, 0.3) is 0 Å². The maximum absolute atomic E-state index is 7.88. The van der Waals surface area contributed by atoms with E-state index in [9.17, 15) is 0 Å². The molecule has 0 aromatic rings. The molecule has 3 heteroatoms. The minimum absolute atomic E-state index is 0.319. The predicted molar refractivity (Wildman–Crippen MR) is 20.8 cm³/mol. The summed E-state index contributed by atoms with van der Waals surface area (Å²) in [7, 11) is 0. The molecule has 3 nitrogen and oxygen atoms in total. The average Bonchev–Trinajstić information content (AvgIpc) is 1.72. The summed E-state index contributed by atoms with van der Waals surface area (Å²) in [5.74, 6) is 0. The maximum atomic E-state index is 7.88. The van der Waals surface area contributed by atoms with E-state index in [1.807, 2.05) is 6.92 Å². The first kappa shape index (κ1) is 9.03. The molecule has 0 saturated carbocycles. The molecule has 0 amide bonds. The number of aliphatic hydroxyl groups is 1. The van der Waals surface area contributed by atoms with Crippen LogP contribution in [0.2, 0.25) is 0 Å². The first-order chi connectivity index (χ1) is 2.91. The van der Waals surface area contributed by atoms with E-state index >= 15 is 0 Å². The fourth-order valence-corrected chi connectivity index (χ4v) is 0. The molecule has 0 aromatic heterocycles. The SMILES string of the molecule is CCCO.N#N. The summed E-state index contributed by atoms with van der Waals surface area (Å²) in [4.78, 5) is 0. The van der Waals surface area contributed by atoms with E-state index < -0.39 is 0 Å². The molecule has 6 heavy (non-hydrogen) atoms. The molecule has 0 spiro atoms. The second-order valence-corrected chi connectivity index (χ2v) is 0.724. The van der Waals surface area contributed by atoms with E-state index in [0.717, 1.165) is 6.42 Å². The standard InChI is InChI=1S/C3H8O.N2/c1-2-3-4;1-2/h4H,2-3H2,1H3;. The second-order valence-electron chi connectivity index (χ2n) is 0.724. The number of hydrogen-bond acceptors (Lipinski definition) is 3. The number of aliphatic hydroxyl groups excluding tert-OH is 1. The number of hydrogen-bond donors (Lipinski definition) is 1. The average molecular weight is 88.1 g/mol. The zero-order valence-electron chi connectivity index (χ0n) is 3.76. The molecule has 0 aromatic carbocycles. The van der Waals surface area contributed by atoms with Crippen LogP contribution in [0.1, 0.15) is 13.3 Å². The Kier molecular flexibility index (Phi) is 39.6. The summed E-state index contributed by atoms with van der Waals surface area (Å²) in [6, 6.07) is 0. The third kappa shape index (κ3) is 133. The smallest absolute Gasteiger partial charge is 0.0428 e.